The highest BCUT2D eigenvalue weighted by atomic mass is 16.4. The lowest BCUT2D eigenvalue weighted by Gasteiger charge is -2.10. The highest BCUT2D eigenvalue weighted by Gasteiger charge is 2.11. The molecule has 0 radical (unpaired) electrons. The van der Waals surface area contributed by atoms with Crippen LogP contribution in [-0.4, -0.2) is 20.6 Å². The van der Waals surface area contributed by atoms with Gasteiger partial charge in [0.05, 0.1) is 5.56 Å². The van der Waals surface area contributed by atoms with E-state index in [1.807, 2.05) is 53.2 Å². The second-order valence-corrected chi connectivity index (χ2v) is 4.71. The van der Waals surface area contributed by atoms with E-state index in [0.717, 1.165) is 17.0 Å². The van der Waals surface area contributed by atoms with Crippen molar-refractivity contribution in [2.45, 2.75) is 6.54 Å². The average molecular weight is 278 g/mol. The fourth-order valence-corrected chi connectivity index (χ4v) is 2.33. The molecule has 0 saturated carbocycles. The SMILES string of the molecule is O=C(O)c1ccccc1Cn1ccnc1-c1ccccc1. The molecule has 2 aromatic carbocycles. The molecule has 104 valence electrons. The Balaban J connectivity index is 1.98. The van der Waals surface area contributed by atoms with Crippen molar-refractivity contribution in [1.29, 1.82) is 0 Å². The van der Waals surface area contributed by atoms with Crippen LogP contribution in [0, 0.1) is 0 Å². The molecular weight excluding hydrogens is 264 g/mol. The monoisotopic (exact) mass is 278 g/mol. The minimum Gasteiger partial charge on any atom is -0.478 e. The van der Waals surface area contributed by atoms with Crippen LogP contribution in [0.15, 0.2) is 67.0 Å². The van der Waals surface area contributed by atoms with Crippen LogP contribution in [-0.2, 0) is 6.54 Å². The van der Waals surface area contributed by atoms with Gasteiger partial charge in [0.25, 0.3) is 0 Å². The molecule has 1 N–H and O–H groups in total. The summed E-state index contributed by atoms with van der Waals surface area (Å²) in [6.07, 6.45) is 3.59. The fourth-order valence-electron chi connectivity index (χ4n) is 2.33. The van der Waals surface area contributed by atoms with Crippen LogP contribution in [0.5, 0.6) is 0 Å². The summed E-state index contributed by atoms with van der Waals surface area (Å²) in [7, 11) is 0. The van der Waals surface area contributed by atoms with E-state index in [-0.39, 0.29) is 0 Å². The van der Waals surface area contributed by atoms with Crippen molar-refractivity contribution in [2.75, 3.05) is 0 Å². The number of imidazole rings is 1. The zero-order valence-corrected chi connectivity index (χ0v) is 11.3. The van der Waals surface area contributed by atoms with Crippen molar-refractivity contribution < 1.29 is 9.90 Å². The van der Waals surface area contributed by atoms with Crippen molar-refractivity contribution in [3.05, 3.63) is 78.1 Å². The van der Waals surface area contributed by atoms with Crippen LogP contribution in [0.2, 0.25) is 0 Å². The Labute approximate surface area is 122 Å². The molecule has 3 rings (SSSR count). The smallest absolute Gasteiger partial charge is 0.336 e. The zero-order chi connectivity index (χ0) is 14.7. The molecule has 0 aliphatic rings. The Hall–Kier alpha value is -2.88. The first-order valence-corrected chi connectivity index (χ1v) is 6.63. The van der Waals surface area contributed by atoms with Crippen molar-refractivity contribution >= 4 is 5.97 Å². The van der Waals surface area contributed by atoms with Crippen LogP contribution < -0.4 is 0 Å². The third-order valence-corrected chi connectivity index (χ3v) is 3.34. The van der Waals surface area contributed by atoms with Crippen molar-refractivity contribution in [3.63, 3.8) is 0 Å². The molecule has 0 spiro atoms. The molecule has 0 saturated heterocycles. The molecule has 1 aromatic heterocycles. The van der Waals surface area contributed by atoms with Crippen LogP contribution in [0.3, 0.4) is 0 Å². The van der Waals surface area contributed by atoms with Gasteiger partial charge in [-0.25, -0.2) is 9.78 Å². The highest BCUT2D eigenvalue weighted by Crippen LogP contribution is 2.19. The zero-order valence-electron chi connectivity index (χ0n) is 11.3. The molecular formula is C17H14N2O2. The lowest BCUT2D eigenvalue weighted by Crippen LogP contribution is -2.07. The van der Waals surface area contributed by atoms with Crippen molar-refractivity contribution in [1.82, 2.24) is 9.55 Å². The lowest BCUT2D eigenvalue weighted by atomic mass is 10.1. The second-order valence-electron chi connectivity index (χ2n) is 4.71. The van der Waals surface area contributed by atoms with E-state index < -0.39 is 5.97 Å². The van der Waals surface area contributed by atoms with Crippen LogP contribution in [0.1, 0.15) is 15.9 Å². The summed E-state index contributed by atoms with van der Waals surface area (Å²) >= 11 is 0. The predicted molar refractivity (Wildman–Crippen MR) is 80.2 cm³/mol. The second kappa shape index (κ2) is 5.63. The molecule has 0 bridgehead atoms. The summed E-state index contributed by atoms with van der Waals surface area (Å²) in [6.45, 7) is 0.479. The van der Waals surface area contributed by atoms with E-state index in [9.17, 15) is 9.90 Å². The lowest BCUT2D eigenvalue weighted by molar-refractivity contribution is 0.0695. The van der Waals surface area contributed by atoms with Gasteiger partial charge in [0, 0.05) is 24.5 Å². The summed E-state index contributed by atoms with van der Waals surface area (Å²) in [5.41, 5.74) is 2.10. The Kier molecular flexibility index (Phi) is 3.51. The summed E-state index contributed by atoms with van der Waals surface area (Å²) < 4.78 is 1.96. The van der Waals surface area contributed by atoms with Gasteiger partial charge >= 0.3 is 5.97 Å². The van der Waals surface area contributed by atoms with Gasteiger partial charge in [0.15, 0.2) is 0 Å². The molecule has 0 unspecified atom stereocenters. The van der Waals surface area contributed by atoms with Crippen LogP contribution in [0.4, 0.5) is 0 Å². The van der Waals surface area contributed by atoms with E-state index in [2.05, 4.69) is 4.98 Å². The molecule has 1 heterocycles. The summed E-state index contributed by atoms with van der Waals surface area (Å²) in [4.78, 5) is 15.7. The third kappa shape index (κ3) is 2.69. The number of aromatic nitrogens is 2. The van der Waals surface area contributed by atoms with Crippen LogP contribution >= 0.6 is 0 Å². The number of rotatable bonds is 4. The van der Waals surface area contributed by atoms with Gasteiger partial charge in [-0.1, -0.05) is 48.5 Å². The summed E-state index contributed by atoms with van der Waals surface area (Å²) in [5.74, 6) is -0.0808. The summed E-state index contributed by atoms with van der Waals surface area (Å²) in [5, 5.41) is 9.26. The number of hydrogen-bond acceptors (Lipinski definition) is 2. The molecule has 4 heteroatoms. The van der Waals surface area contributed by atoms with Gasteiger partial charge < -0.3 is 9.67 Å². The first-order chi connectivity index (χ1) is 10.3. The Morgan fingerprint density at radius 1 is 1.05 bits per heavy atom. The number of benzene rings is 2. The molecule has 4 nitrogen and oxygen atoms in total. The Morgan fingerprint density at radius 3 is 2.52 bits per heavy atom. The van der Waals surface area contributed by atoms with Crippen molar-refractivity contribution in [3.8, 4) is 11.4 Å². The topological polar surface area (TPSA) is 55.1 Å². The maximum Gasteiger partial charge on any atom is 0.336 e. The van der Waals surface area contributed by atoms with Gasteiger partial charge in [0.1, 0.15) is 5.82 Å². The largest absolute Gasteiger partial charge is 0.478 e. The van der Waals surface area contributed by atoms with Gasteiger partial charge in [-0.3, -0.25) is 0 Å². The van der Waals surface area contributed by atoms with Gasteiger partial charge in [-0.15, -0.1) is 0 Å². The first-order valence-electron chi connectivity index (χ1n) is 6.63. The number of carboxylic acid groups (broad SMARTS) is 1. The minimum absolute atomic E-state index is 0.324. The maximum absolute atomic E-state index is 11.3. The normalized spacial score (nSPS) is 10.5. The molecule has 0 aliphatic carbocycles. The summed E-state index contributed by atoms with van der Waals surface area (Å²) in [6, 6.07) is 16.9. The average Bonchev–Trinajstić information content (AvgIpc) is 2.96. The van der Waals surface area contributed by atoms with E-state index in [1.54, 1.807) is 18.3 Å². The van der Waals surface area contributed by atoms with Gasteiger partial charge in [-0.2, -0.15) is 0 Å². The van der Waals surface area contributed by atoms with Crippen LogP contribution in [0.25, 0.3) is 11.4 Å². The quantitative estimate of drug-likeness (QED) is 0.796. The molecule has 0 amide bonds. The fraction of sp³-hybridized carbons (Fsp3) is 0.0588. The standard InChI is InChI=1S/C17H14N2O2/c20-17(21)15-9-5-4-8-14(15)12-19-11-10-18-16(19)13-6-2-1-3-7-13/h1-11H,12H2,(H,20,21). The number of carbonyl (C=O) groups is 1. The molecule has 21 heavy (non-hydrogen) atoms. The van der Waals surface area contributed by atoms with E-state index in [1.165, 1.54) is 0 Å². The van der Waals surface area contributed by atoms with E-state index >= 15 is 0 Å². The number of carboxylic acids is 1. The van der Waals surface area contributed by atoms with Crippen molar-refractivity contribution in [2.24, 2.45) is 0 Å². The van der Waals surface area contributed by atoms with Gasteiger partial charge in [0.2, 0.25) is 0 Å². The number of nitrogens with zero attached hydrogens (tertiary/aromatic N) is 2. The van der Waals surface area contributed by atoms with Gasteiger partial charge in [-0.05, 0) is 11.6 Å². The predicted octanol–water partition coefficient (Wildman–Crippen LogP) is 3.30. The number of hydrogen-bond donors (Lipinski definition) is 1. The molecule has 0 aliphatic heterocycles. The van der Waals surface area contributed by atoms with E-state index in [0.29, 0.717) is 12.1 Å². The number of aromatic carboxylic acids is 1. The third-order valence-electron chi connectivity index (χ3n) is 3.34. The molecule has 0 atom stereocenters. The Morgan fingerprint density at radius 2 is 1.76 bits per heavy atom. The minimum atomic E-state index is -0.910. The maximum atomic E-state index is 11.3. The van der Waals surface area contributed by atoms with E-state index in [4.69, 9.17) is 0 Å². The molecule has 3 aromatic rings. The Bertz CT molecular complexity index is 763. The highest BCUT2D eigenvalue weighted by molar-refractivity contribution is 5.89. The molecule has 0 fully saturated rings. The first kappa shape index (κ1) is 13.1.